The molecule has 0 saturated carbocycles. The van der Waals surface area contributed by atoms with Gasteiger partial charge in [0.1, 0.15) is 5.82 Å². The lowest BCUT2D eigenvalue weighted by molar-refractivity contribution is 0.0953. The summed E-state index contributed by atoms with van der Waals surface area (Å²) in [6.07, 6.45) is 0.342. The molecule has 1 aliphatic rings. The number of rotatable bonds is 7. The van der Waals surface area contributed by atoms with Crippen molar-refractivity contribution >= 4 is 21.6 Å². The van der Waals surface area contributed by atoms with E-state index < -0.39 is 10.0 Å². The third kappa shape index (κ3) is 5.08. The van der Waals surface area contributed by atoms with Crippen LogP contribution in [0.1, 0.15) is 16.8 Å². The number of para-hydroxylation sites is 1. The Bertz CT molecular complexity index is 898. The van der Waals surface area contributed by atoms with E-state index in [0.29, 0.717) is 50.4 Å². The zero-order chi connectivity index (χ0) is 20.0. The Morgan fingerprint density at radius 2 is 1.61 bits per heavy atom. The van der Waals surface area contributed by atoms with E-state index in [-0.39, 0.29) is 17.5 Å². The summed E-state index contributed by atoms with van der Waals surface area (Å²) in [6, 6.07) is 15.3. The molecule has 1 amide bonds. The number of piperazine rings is 1. The fraction of sp³-hybridized carbons (Fsp3) is 0.350. The van der Waals surface area contributed by atoms with Gasteiger partial charge in [0, 0.05) is 38.3 Å². The second kappa shape index (κ2) is 9.16. The van der Waals surface area contributed by atoms with Gasteiger partial charge < -0.3 is 10.2 Å². The van der Waals surface area contributed by atoms with E-state index >= 15 is 0 Å². The van der Waals surface area contributed by atoms with Crippen molar-refractivity contribution in [3.63, 3.8) is 0 Å². The van der Waals surface area contributed by atoms with Gasteiger partial charge in [-0.3, -0.25) is 4.79 Å². The van der Waals surface area contributed by atoms with Crippen LogP contribution in [0.4, 0.5) is 10.1 Å². The number of hydrogen-bond donors (Lipinski definition) is 1. The Morgan fingerprint density at radius 1 is 0.964 bits per heavy atom. The van der Waals surface area contributed by atoms with Crippen LogP contribution in [0.3, 0.4) is 0 Å². The van der Waals surface area contributed by atoms with Crippen LogP contribution in [0, 0.1) is 5.82 Å². The van der Waals surface area contributed by atoms with Gasteiger partial charge in [0.05, 0.1) is 11.4 Å². The van der Waals surface area contributed by atoms with Crippen molar-refractivity contribution in [3.8, 4) is 0 Å². The zero-order valence-electron chi connectivity index (χ0n) is 15.6. The highest BCUT2D eigenvalue weighted by molar-refractivity contribution is 7.89. The number of hydrogen-bond acceptors (Lipinski definition) is 4. The topological polar surface area (TPSA) is 69.7 Å². The van der Waals surface area contributed by atoms with E-state index in [1.54, 1.807) is 42.5 Å². The molecule has 0 spiro atoms. The predicted molar refractivity (Wildman–Crippen MR) is 107 cm³/mol. The Kier molecular flexibility index (Phi) is 6.64. The maximum absolute atomic E-state index is 13.9. The second-order valence-corrected chi connectivity index (χ2v) is 8.72. The summed E-state index contributed by atoms with van der Waals surface area (Å²) >= 11 is 0. The molecule has 1 aliphatic heterocycles. The molecule has 1 heterocycles. The van der Waals surface area contributed by atoms with E-state index in [9.17, 15) is 17.6 Å². The monoisotopic (exact) mass is 405 g/mol. The molecule has 0 aromatic heterocycles. The van der Waals surface area contributed by atoms with Crippen LogP contribution in [0.25, 0.3) is 0 Å². The third-order valence-corrected chi connectivity index (χ3v) is 6.68. The number of benzene rings is 2. The first kappa shape index (κ1) is 20.3. The van der Waals surface area contributed by atoms with Gasteiger partial charge in [0.25, 0.3) is 5.91 Å². The minimum absolute atomic E-state index is 0.0260. The molecule has 8 heteroatoms. The van der Waals surface area contributed by atoms with Gasteiger partial charge in [-0.2, -0.15) is 4.31 Å². The fourth-order valence-corrected chi connectivity index (χ4v) is 4.68. The molecule has 0 unspecified atom stereocenters. The summed E-state index contributed by atoms with van der Waals surface area (Å²) < 4.78 is 40.4. The lowest BCUT2D eigenvalue weighted by Crippen LogP contribution is -2.49. The largest absolute Gasteiger partial charge is 0.367 e. The number of nitrogens with one attached hydrogen (secondary N) is 1. The highest BCUT2D eigenvalue weighted by Gasteiger charge is 2.27. The quantitative estimate of drug-likeness (QED) is 0.717. The highest BCUT2D eigenvalue weighted by atomic mass is 32.2. The van der Waals surface area contributed by atoms with Gasteiger partial charge >= 0.3 is 0 Å². The van der Waals surface area contributed by atoms with Crippen LogP contribution in [0.5, 0.6) is 0 Å². The average Bonchev–Trinajstić information content (AvgIpc) is 2.72. The first-order valence-corrected chi connectivity index (χ1v) is 10.9. The SMILES string of the molecule is O=C(NCCCS(=O)(=O)N1CCN(c2ccccc2F)CC1)c1ccccc1. The molecule has 1 N–H and O–H groups in total. The standard InChI is InChI=1S/C20H24FN3O3S/c21-18-9-4-5-10-19(18)23-12-14-24(15-13-23)28(26,27)16-6-11-22-20(25)17-7-2-1-3-8-17/h1-5,7-10H,6,11-16H2,(H,22,25). The van der Waals surface area contributed by atoms with Crippen molar-refractivity contribution in [1.82, 2.24) is 9.62 Å². The van der Waals surface area contributed by atoms with Crippen molar-refractivity contribution < 1.29 is 17.6 Å². The van der Waals surface area contributed by atoms with E-state index in [2.05, 4.69) is 5.32 Å². The number of sulfonamides is 1. The minimum atomic E-state index is -3.40. The Morgan fingerprint density at radius 3 is 2.29 bits per heavy atom. The van der Waals surface area contributed by atoms with Crippen LogP contribution in [0.2, 0.25) is 0 Å². The molecular weight excluding hydrogens is 381 g/mol. The fourth-order valence-electron chi connectivity index (χ4n) is 3.19. The lowest BCUT2D eigenvalue weighted by Gasteiger charge is -2.35. The van der Waals surface area contributed by atoms with Crippen LogP contribution < -0.4 is 10.2 Å². The van der Waals surface area contributed by atoms with Crippen molar-refractivity contribution in [3.05, 3.63) is 66.0 Å². The Labute approximate surface area is 165 Å². The summed E-state index contributed by atoms with van der Waals surface area (Å²) in [5.74, 6) is -0.536. The molecule has 0 radical (unpaired) electrons. The average molecular weight is 405 g/mol. The summed E-state index contributed by atoms with van der Waals surface area (Å²) in [7, 11) is -3.40. The lowest BCUT2D eigenvalue weighted by atomic mass is 10.2. The number of halogens is 1. The van der Waals surface area contributed by atoms with Gasteiger partial charge in [-0.1, -0.05) is 30.3 Å². The molecule has 150 valence electrons. The third-order valence-electron chi connectivity index (χ3n) is 4.73. The van der Waals surface area contributed by atoms with Crippen LogP contribution in [-0.4, -0.2) is 57.1 Å². The molecule has 6 nitrogen and oxygen atoms in total. The molecule has 1 saturated heterocycles. The number of nitrogens with zero attached hydrogens (tertiary/aromatic N) is 2. The van der Waals surface area contributed by atoms with Gasteiger partial charge in [-0.05, 0) is 30.7 Å². The number of carbonyl (C=O) groups is 1. The molecule has 2 aromatic rings. The summed E-state index contributed by atoms with van der Waals surface area (Å²) in [5.41, 5.74) is 1.05. The first-order chi connectivity index (χ1) is 13.5. The second-order valence-electron chi connectivity index (χ2n) is 6.63. The van der Waals surface area contributed by atoms with E-state index in [4.69, 9.17) is 0 Å². The Balaban J connectivity index is 1.44. The molecule has 2 aromatic carbocycles. The van der Waals surface area contributed by atoms with Gasteiger partial charge in [0.2, 0.25) is 10.0 Å². The molecular formula is C20H24FN3O3S. The van der Waals surface area contributed by atoms with Crippen LogP contribution in [-0.2, 0) is 10.0 Å². The molecule has 28 heavy (non-hydrogen) atoms. The summed E-state index contributed by atoms with van der Waals surface area (Å²) in [4.78, 5) is 13.8. The molecule has 3 rings (SSSR count). The minimum Gasteiger partial charge on any atom is -0.367 e. The normalized spacial score (nSPS) is 15.4. The van der Waals surface area contributed by atoms with Crippen molar-refractivity contribution in [2.45, 2.75) is 6.42 Å². The van der Waals surface area contributed by atoms with Crippen LogP contribution in [0.15, 0.2) is 54.6 Å². The summed E-state index contributed by atoms with van der Waals surface area (Å²) in [5, 5.41) is 2.74. The molecule has 1 fully saturated rings. The number of carbonyl (C=O) groups excluding carboxylic acids is 1. The molecule has 0 aliphatic carbocycles. The number of anilines is 1. The maximum Gasteiger partial charge on any atom is 0.251 e. The first-order valence-electron chi connectivity index (χ1n) is 9.28. The molecule has 0 bridgehead atoms. The van der Waals surface area contributed by atoms with Gasteiger partial charge in [-0.15, -0.1) is 0 Å². The summed E-state index contributed by atoms with van der Waals surface area (Å²) in [6.45, 7) is 1.85. The smallest absolute Gasteiger partial charge is 0.251 e. The van der Waals surface area contributed by atoms with Crippen LogP contribution >= 0.6 is 0 Å². The Hall–Kier alpha value is -2.45. The maximum atomic E-state index is 13.9. The van der Waals surface area contributed by atoms with Crippen molar-refractivity contribution in [1.29, 1.82) is 0 Å². The highest BCUT2D eigenvalue weighted by Crippen LogP contribution is 2.21. The molecule has 0 atom stereocenters. The van der Waals surface area contributed by atoms with Crippen molar-refractivity contribution in [2.75, 3.05) is 43.4 Å². The van der Waals surface area contributed by atoms with E-state index in [1.165, 1.54) is 10.4 Å². The predicted octanol–water partition coefficient (Wildman–Crippen LogP) is 2.10. The number of amides is 1. The van der Waals surface area contributed by atoms with E-state index in [1.807, 2.05) is 11.0 Å². The van der Waals surface area contributed by atoms with Crippen molar-refractivity contribution in [2.24, 2.45) is 0 Å². The van der Waals surface area contributed by atoms with E-state index in [0.717, 1.165) is 0 Å². The zero-order valence-corrected chi connectivity index (χ0v) is 16.4. The van der Waals surface area contributed by atoms with Gasteiger partial charge in [0.15, 0.2) is 0 Å². The van der Waals surface area contributed by atoms with Gasteiger partial charge in [-0.25, -0.2) is 12.8 Å².